The van der Waals surface area contributed by atoms with Crippen molar-refractivity contribution in [3.05, 3.63) is 74.6 Å². The molecule has 2 aliphatic rings. The predicted molar refractivity (Wildman–Crippen MR) is 110 cm³/mol. The largest absolute Gasteiger partial charge is 0.351 e. The van der Waals surface area contributed by atoms with Gasteiger partial charge in [-0.25, -0.2) is 4.98 Å². The Morgan fingerprint density at radius 2 is 2.07 bits per heavy atom. The first-order valence-electron chi connectivity index (χ1n) is 9.26. The molecule has 1 aromatic carbocycles. The number of allylic oxidation sites excluding steroid dienone is 1. The molecule has 0 unspecified atom stereocenters. The first-order chi connectivity index (χ1) is 13.9. The van der Waals surface area contributed by atoms with E-state index in [0.717, 1.165) is 11.3 Å². The maximum atomic E-state index is 11.3. The highest BCUT2D eigenvalue weighted by Gasteiger charge is 2.39. The normalized spacial score (nSPS) is 17.3. The molecular formula is C21H19ClN4O3. The van der Waals surface area contributed by atoms with E-state index in [0.29, 0.717) is 42.5 Å². The van der Waals surface area contributed by atoms with Crippen molar-refractivity contribution in [1.29, 1.82) is 0 Å². The smallest absolute Gasteiger partial charge is 0.311 e. The summed E-state index contributed by atoms with van der Waals surface area (Å²) in [6, 6.07) is 10.5. The molecule has 3 heterocycles. The molecule has 0 atom stereocenters. The van der Waals surface area contributed by atoms with Crippen LogP contribution in [0.25, 0.3) is 0 Å². The molecule has 1 fully saturated rings. The summed E-state index contributed by atoms with van der Waals surface area (Å²) in [6.07, 6.45) is 3.35. The maximum Gasteiger partial charge on any atom is 0.311 e. The molecular weight excluding hydrogens is 392 g/mol. The quantitative estimate of drug-likeness (QED) is 0.461. The zero-order valence-corrected chi connectivity index (χ0v) is 16.6. The molecule has 0 saturated carbocycles. The highest BCUT2D eigenvalue weighted by Crippen LogP contribution is 2.35. The molecule has 8 heteroatoms. The number of hydrogen-bond donors (Lipinski definition) is 1. The van der Waals surface area contributed by atoms with Gasteiger partial charge in [0, 0.05) is 48.3 Å². The first kappa shape index (κ1) is 19.2. The topological polar surface area (TPSA) is 80.5 Å². The third kappa shape index (κ3) is 4.19. The lowest BCUT2D eigenvalue weighted by atomic mass is 9.91. The molecule has 29 heavy (non-hydrogen) atoms. The number of aryl methyl sites for hydroxylation is 1. The van der Waals surface area contributed by atoms with Crippen LogP contribution in [-0.2, 0) is 4.84 Å². The summed E-state index contributed by atoms with van der Waals surface area (Å²) in [5, 5.41) is 12.0. The van der Waals surface area contributed by atoms with Crippen molar-refractivity contribution in [2.24, 2.45) is 0 Å². The Kier molecular flexibility index (Phi) is 5.14. The fraction of sp³-hybridized carbons (Fsp3) is 0.286. The number of piperidine rings is 1. The van der Waals surface area contributed by atoms with Crippen LogP contribution in [0, 0.1) is 28.9 Å². The van der Waals surface area contributed by atoms with E-state index in [4.69, 9.17) is 16.4 Å². The molecule has 4 rings (SSSR count). The van der Waals surface area contributed by atoms with Crippen molar-refractivity contribution in [3.63, 3.8) is 0 Å². The minimum Gasteiger partial charge on any atom is -0.351 e. The van der Waals surface area contributed by atoms with Gasteiger partial charge >= 0.3 is 5.69 Å². The van der Waals surface area contributed by atoms with Gasteiger partial charge in [-0.1, -0.05) is 23.6 Å². The number of nitro groups is 1. The van der Waals surface area contributed by atoms with Crippen LogP contribution in [0.1, 0.15) is 24.1 Å². The number of rotatable bonds is 2. The summed E-state index contributed by atoms with van der Waals surface area (Å²) in [4.78, 5) is 23.1. The second-order valence-corrected chi connectivity index (χ2v) is 7.56. The number of benzene rings is 1. The lowest BCUT2D eigenvalue weighted by molar-refractivity contribution is -0.384. The van der Waals surface area contributed by atoms with Crippen molar-refractivity contribution >= 4 is 23.1 Å². The molecule has 2 aromatic rings. The Morgan fingerprint density at radius 1 is 1.28 bits per heavy atom. The fourth-order valence-corrected chi connectivity index (χ4v) is 3.69. The summed E-state index contributed by atoms with van der Waals surface area (Å²) in [5.74, 6) is 6.56. The van der Waals surface area contributed by atoms with Crippen LogP contribution < -0.4 is 10.4 Å². The highest BCUT2D eigenvalue weighted by atomic mass is 35.5. The van der Waals surface area contributed by atoms with E-state index >= 15 is 0 Å². The summed E-state index contributed by atoms with van der Waals surface area (Å²) in [5.41, 5.74) is 4.76. The fourth-order valence-electron chi connectivity index (χ4n) is 3.50. The van der Waals surface area contributed by atoms with Crippen LogP contribution >= 0.6 is 11.6 Å². The van der Waals surface area contributed by atoms with Crippen LogP contribution in [0.2, 0.25) is 5.02 Å². The minimum absolute atomic E-state index is 0.0284. The highest BCUT2D eigenvalue weighted by molar-refractivity contribution is 6.30. The van der Waals surface area contributed by atoms with Crippen LogP contribution in [-0.4, -0.2) is 28.6 Å². The number of hydrogen-bond acceptors (Lipinski definition) is 6. The van der Waals surface area contributed by atoms with E-state index in [9.17, 15) is 10.1 Å². The van der Waals surface area contributed by atoms with Gasteiger partial charge < -0.3 is 4.90 Å². The Bertz CT molecular complexity index is 1050. The van der Waals surface area contributed by atoms with Crippen LogP contribution in [0.4, 0.5) is 11.5 Å². The van der Waals surface area contributed by atoms with E-state index < -0.39 is 5.60 Å². The molecule has 0 radical (unpaired) electrons. The number of aromatic nitrogens is 1. The van der Waals surface area contributed by atoms with Gasteiger partial charge in [-0.05, 0) is 43.2 Å². The summed E-state index contributed by atoms with van der Waals surface area (Å²) < 4.78 is 0. The van der Waals surface area contributed by atoms with E-state index in [1.165, 1.54) is 6.07 Å². The van der Waals surface area contributed by atoms with Gasteiger partial charge in [-0.2, -0.15) is 0 Å². The molecule has 0 bridgehead atoms. The zero-order chi connectivity index (χ0) is 20.4. The number of nitrogens with zero attached hydrogens (tertiary/aromatic N) is 3. The van der Waals surface area contributed by atoms with Gasteiger partial charge in [-0.3, -0.25) is 20.4 Å². The average molecular weight is 411 g/mol. The Balaban J connectivity index is 1.48. The molecule has 148 valence electrons. The molecule has 2 aliphatic heterocycles. The number of anilines is 1. The number of pyridine rings is 1. The van der Waals surface area contributed by atoms with Gasteiger partial charge in [0.05, 0.1) is 4.92 Å². The lowest BCUT2D eigenvalue weighted by Gasteiger charge is -2.36. The monoisotopic (exact) mass is 410 g/mol. The van der Waals surface area contributed by atoms with E-state index in [1.807, 2.05) is 30.0 Å². The Morgan fingerprint density at radius 3 is 2.79 bits per heavy atom. The van der Waals surface area contributed by atoms with Gasteiger partial charge in [0.1, 0.15) is 11.3 Å². The van der Waals surface area contributed by atoms with Gasteiger partial charge in [0.2, 0.25) is 5.82 Å². The van der Waals surface area contributed by atoms with Gasteiger partial charge in [0.25, 0.3) is 0 Å². The number of halogens is 1. The van der Waals surface area contributed by atoms with Crippen molar-refractivity contribution in [2.45, 2.75) is 25.4 Å². The van der Waals surface area contributed by atoms with Crippen LogP contribution in [0.5, 0.6) is 0 Å². The summed E-state index contributed by atoms with van der Waals surface area (Å²) >= 11 is 5.99. The van der Waals surface area contributed by atoms with E-state index in [-0.39, 0.29) is 10.6 Å². The second-order valence-electron chi connectivity index (χ2n) is 7.13. The number of nitrogens with one attached hydrogen (secondary N) is 1. The van der Waals surface area contributed by atoms with Crippen LogP contribution in [0.3, 0.4) is 0 Å². The van der Waals surface area contributed by atoms with Gasteiger partial charge in [0.15, 0.2) is 0 Å². The lowest BCUT2D eigenvalue weighted by Crippen LogP contribution is -2.45. The minimum atomic E-state index is -0.465. The van der Waals surface area contributed by atoms with Crippen LogP contribution in [0.15, 0.2) is 48.2 Å². The van der Waals surface area contributed by atoms with E-state index in [1.54, 1.807) is 18.2 Å². The molecule has 1 aromatic heterocycles. The summed E-state index contributed by atoms with van der Waals surface area (Å²) in [7, 11) is 0. The zero-order valence-electron chi connectivity index (χ0n) is 15.8. The molecule has 1 N–H and O–H groups in total. The molecule has 7 nitrogen and oxygen atoms in total. The average Bonchev–Trinajstić information content (AvgIpc) is 3.09. The molecule has 0 amide bonds. The Hall–Kier alpha value is -3.08. The van der Waals surface area contributed by atoms with Crippen molar-refractivity contribution in [1.82, 2.24) is 10.5 Å². The standard InChI is InChI=1S/C21H19ClN4O3/c1-15-5-8-19(26(27)28)20(23-15)25-11-9-21(10-12-25)14-18(24-29-21)7-6-16-3-2-4-17(22)13-16/h2-5,8,13-14,24H,9-12H2,1H3. The first-order valence-corrected chi connectivity index (χ1v) is 9.63. The predicted octanol–water partition coefficient (Wildman–Crippen LogP) is 3.76. The SMILES string of the molecule is Cc1ccc([N+](=O)[O-])c(N2CCC3(C=C(C#Cc4cccc(Cl)c4)NO3)CC2)n1. The third-order valence-electron chi connectivity index (χ3n) is 5.04. The molecule has 0 aliphatic carbocycles. The molecule has 1 saturated heterocycles. The van der Waals surface area contributed by atoms with Crippen molar-refractivity contribution in [3.8, 4) is 11.8 Å². The third-order valence-corrected chi connectivity index (χ3v) is 5.27. The van der Waals surface area contributed by atoms with Gasteiger partial charge in [-0.15, -0.1) is 0 Å². The van der Waals surface area contributed by atoms with Crippen molar-refractivity contribution in [2.75, 3.05) is 18.0 Å². The second kappa shape index (κ2) is 7.74. The number of hydroxylamine groups is 1. The molecule has 1 spiro atoms. The maximum absolute atomic E-state index is 11.3. The Labute approximate surface area is 173 Å². The van der Waals surface area contributed by atoms with Crippen molar-refractivity contribution < 1.29 is 9.76 Å². The van der Waals surface area contributed by atoms with E-state index in [2.05, 4.69) is 22.3 Å². The summed E-state index contributed by atoms with van der Waals surface area (Å²) in [6.45, 7) is 3.03.